The van der Waals surface area contributed by atoms with E-state index >= 15 is 0 Å². The number of nitro benzene ring substituents is 1. The van der Waals surface area contributed by atoms with Gasteiger partial charge in [-0.3, -0.25) is 19.7 Å². The second-order valence-corrected chi connectivity index (χ2v) is 7.91. The molecule has 3 rings (SSSR count). The van der Waals surface area contributed by atoms with Gasteiger partial charge in [0.15, 0.2) is 5.16 Å². The van der Waals surface area contributed by atoms with Gasteiger partial charge >= 0.3 is 0 Å². The number of aromatic nitrogens is 2. The van der Waals surface area contributed by atoms with Gasteiger partial charge < -0.3 is 20.3 Å². The zero-order chi connectivity index (χ0) is 21.5. The monoisotopic (exact) mass is 433 g/mol. The molecule has 160 valence electrons. The van der Waals surface area contributed by atoms with Gasteiger partial charge in [-0.15, -0.1) is 0 Å². The maximum atomic E-state index is 12.4. The Morgan fingerprint density at radius 3 is 2.57 bits per heavy atom. The lowest BCUT2D eigenvalue weighted by molar-refractivity contribution is -0.384. The molecule has 30 heavy (non-hydrogen) atoms. The molecule has 0 unspecified atom stereocenters. The van der Waals surface area contributed by atoms with Crippen LogP contribution in [0.5, 0.6) is 0 Å². The summed E-state index contributed by atoms with van der Waals surface area (Å²) in [4.78, 5) is 39.0. The summed E-state index contributed by atoms with van der Waals surface area (Å²) < 4.78 is 1.61. The molecule has 0 spiro atoms. The van der Waals surface area contributed by atoms with Crippen LogP contribution in [0.2, 0.25) is 0 Å². The van der Waals surface area contributed by atoms with Gasteiger partial charge in [0.25, 0.3) is 5.69 Å². The number of carbonyl (C=O) groups excluding carboxylic acids is 2. The van der Waals surface area contributed by atoms with Crippen LogP contribution >= 0.6 is 11.8 Å². The molecule has 0 aliphatic heterocycles. The van der Waals surface area contributed by atoms with E-state index in [9.17, 15) is 24.8 Å². The van der Waals surface area contributed by atoms with Gasteiger partial charge in [-0.2, -0.15) is 0 Å². The Morgan fingerprint density at radius 1 is 1.23 bits per heavy atom. The fourth-order valence-corrected chi connectivity index (χ4v) is 4.08. The minimum Gasteiger partial charge on any atom is -0.390 e. The summed E-state index contributed by atoms with van der Waals surface area (Å²) in [6, 6.07) is 5.73. The van der Waals surface area contributed by atoms with Crippen LogP contribution < -0.4 is 10.6 Å². The van der Waals surface area contributed by atoms with Crippen molar-refractivity contribution in [1.82, 2.24) is 14.9 Å². The zero-order valence-corrected chi connectivity index (χ0v) is 17.1. The average Bonchev–Trinajstić information content (AvgIpc) is 3.36. The highest BCUT2D eigenvalue weighted by molar-refractivity contribution is 7.99. The molecule has 2 aromatic rings. The van der Waals surface area contributed by atoms with E-state index in [-0.39, 0.29) is 42.4 Å². The van der Waals surface area contributed by atoms with Crippen molar-refractivity contribution in [3.05, 3.63) is 46.3 Å². The number of nitrogens with one attached hydrogen (secondary N) is 2. The summed E-state index contributed by atoms with van der Waals surface area (Å²) in [6.45, 7) is -0.238. The van der Waals surface area contributed by atoms with Crippen molar-refractivity contribution in [2.45, 2.75) is 50.0 Å². The van der Waals surface area contributed by atoms with E-state index in [1.807, 2.05) is 0 Å². The molecule has 0 radical (unpaired) electrons. The third kappa shape index (κ3) is 5.80. The fourth-order valence-electron chi connectivity index (χ4n) is 3.28. The quantitative estimate of drug-likeness (QED) is 0.312. The Bertz CT molecular complexity index is 909. The first-order valence-corrected chi connectivity index (χ1v) is 10.6. The van der Waals surface area contributed by atoms with Crippen LogP contribution in [0.3, 0.4) is 0 Å². The molecule has 0 atom stereocenters. The molecule has 0 bridgehead atoms. The van der Waals surface area contributed by atoms with Crippen LogP contribution in [0.4, 0.5) is 11.4 Å². The smallest absolute Gasteiger partial charge is 0.269 e. The Morgan fingerprint density at radius 2 is 1.93 bits per heavy atom. The first kappa shape index (κ1) is 21.8. The molecule has 0 saturated heterocycles. The normalized spacial score (nSPS) is 13.9. The zero-order valence-electron chi connectivity index (χ0n) is 16.2. The maximum absolute atomic E-state index is 12.4. The SMILES string of the molecule is O=C(CSc1ncc(CO)n1CC(=O)NC1CCCC1)Nc1ccc([N+](=O)[O-])cc1. The van der Waals surface area contributed by atoms with Crippen LogP contribution in [0.25, 0.3) is 0 Å². The number of rotatable bonds is 9. The summed E-state index contributed by atoms with van der Waals surface area (Å²) >= 11 is 1.14. The van der Waals surface area contributed by atoms with Gasteiger partial charge in [0.2, 0.25) is 11.8 Å². The molecular weight excluding hydrogens is 410 g/mol. The number of hydrogen-bond donors (Lipinski definition) is 3. The van der Waals surface area contributed by atoms with Gasteiger partial charge in [0.05, 0.1) is 29.2 Å². The lowest BCUT2D eigenvalue weighted by atomic mass is 10.2. The minimum absolute atomic E-state index is 0.0265. The highest BCUT2D eigenvalue weighted by Crippen LogP contribution is 2.21. The number of aliphatic hydroxyl groups is 1. The maximum Gasteiger partial charge on any atom is 0.269 e. The Kier molecular flexibility index (Phi) is 7.41. The summed E-state index contributed by atoms with van der Waals surface area (Å²) in [5.74, 6) is -0.431. The molecule has 11 heteroatoms. The largest absolute Gasteiger partial charge is 0.390 e. The van der Waals surface area contributed by atoms with E-state index in [0.717, 1.165) is 37.4 Å². The molecule has 3 N–H and O–H groups in total. The molecule has 1 saturated carbocycles. The van der Waals surface area contributed by atoms with Gasteiger partial charge in [-0.05, 0) is 25.0 Å². The molecule has 10 nitrogen and oxygen atoms in total. The fraction of sp³-hybridized carbons (Fsp3) is 0.421. The highest BCUT2D eigenvalue weighted by atomic mass is 32.2. The van der Waals surface area contributed by atoms with E-state index in [0.29, 0.717) is 16.5 Å². The third-order valence-electron chi connectivity index (χ3n) is 4.78. The number of amides is 2. The number of nitro groups is 1. The molecule has 1 aromatic heterocycles. The highest BCUT2D eigenvalue weighted by Gasteiger charge is 2.19. The van der Waals surface area contributed by atoms with Crippen molar-refractivity contribution in [3.8, 4) is 0 Å². The van der Waals surface area contributed by atoms with Crippen molar-refractivity contribution in [3.63, 3.8) is 0 Å². The number of non-ortho nitro benzene ring substituents is 1. The first-order chi connectivity index (χ1) is 14.5. The van der Waals surface area contributed by atoms with E-state index in [4.69, 9.17) is 0 Å². The van der Waals surface area contributed by atoms with Crippen molar-refractivity contribution in [2.24, 2.45) is 0 Å². The molecule has 2 amide bonds. The van der Waals surface area contributed by atoms with Crippen molar-refractivity contribution < 1.29 is 19.6 Å². The van der Waals surface area contributed by atoms with Gasteiger partial charge in [0.1, 0.15) is 6.54 Å². The van der Waals surface area contributed by atoms with Crippen LogP contribution in [0.15, 0.2) is 35.6 Å². The number of thioether (sulfide) groups is 1. The Balaban J connectivity index is 1.56. The average molecular weight is 433 g/mol. The Hall–Kier alpha value is -2.92. The van der Waals surface area contributed by atoms with E-state index in [1.165, 1.54) is 30.5 Å². The van der Waals surface area contributed by atoms with Crippen molar-refractivity contribution in [1.29, 1.82) is 0 Å². The molecule has 1 fully saturated rings. The summed E-state index contributed by atoms with van der Waals surface area (Å²) in [7, 11) is 0. The van der Waals surface area contributed by atoms with E-state index in [2.05, 4.69) is 15.6 Å². The number of imidazole rings is 1. The second kappa shape index (κ2) is 10.2. The molecule has 1 aromatic carbocycles. The van der Waals surface area contributed by atoms with Gasteiger partial charge in [-0.25, -0.2) is 4.98 Å². The van der Waals surface area contributed by atoms with Gasteiger partial charge in [0, 0.05) is 23.9 Å². The number of nitrogens with zero attached hydrogens (tertiary/aromatic N) is 3. The predicted octanol–water partition coefficient (Wildman–Crippen LogP) is 2.07. The predicted molar refractivity (Wildman–Crippen MR) is 111 cm³/mol. The van der Waals surface area contributed by atoms with Crippen molar-refractivity contribution >= 4 is 35.0 Å². The standard InChI is InChI=1S/C19H23N5O5S/c25-11-16-9-20-19(23(16)10-17(26)21-13-3-1-2-4-13)30-12-18(27)22-14-5-7-15(8-6-14)24(28)29/h5-9,13,25H,1-4,10-12H2,(H,21,26)(H,22,27). The number of aliphatic hydroxyl groups excluding tert-OH is 1. The molecule has 1 aliphatic rings. The lowest BCUT2D eigenvalue weighted by Gasteiger charge is -2.14. The Labute approximate surface area is 177 Å². The summed E-state index contributed by atoms with van der Waals surface area (Å²) in [5, 5.41) is 26.3. The topological polar surface area (TPSA) is 139 Å². The first-order valence-electron chi connectivity index (χ1n) is 9.58. The number of anilines is 1. The van der Waals surface area contributed by atoms with Crippen LogP contribution in [0.1, 0.15) is 31.4 Å². The van der Waals surface area contributed by atoms with Crippen molar-refractivity contribution in [2.75, 3.05) is 11.1 Å². The van der Waals surface area contributed by atoms with E-state index in [1.54, 1.807) is 4.57 Å². The van der Waals surface area contributed by atoms with E-state index < -0.39 is 4.92 Å². The molecule has 1 aliphatic carbocycles. The van der Waals surface area contributed by atoms with Crippen LogP contribution in [-0.4, -0.2) is 43.2 Å². The number of hydrogen-bond acceptors (Lipinski definition) is 7. The summed E-state index contributed by atoms with van der Waals surface area (Å²) in [5.41, 5.74) is 0.883. The van der Waals surface area contributed by atoms with Crippen LogP contribution in [-0.2, 0) is 22.7 Å². The number of benzene rings is 1. The molecular formula is C19H23N5O5S. The minimum atomic E-state index is -0.511. The second-order valence-electron chi connectivity index (χ2n) is 6.97. The third-order valence-corrected chi connectivity index (χ3v) is 5.77. The number of carbonyl (C=O) groups is 2. The van der Waals surface area contributed by atoms with Gasteiger partial charge in [-0.1, -0.05) is 24.6 Å². The molecule has 1 heterocycles. The van der Waals surface area contributed by atoms with Crippen LogP contribution in [0, 0.1) is 10.1 Å². The lowest BCUT2D eigenvalue weighted by Crippen LogP contribution is -2.35. The summed E-state index contributed by atoms with van der Waals surface area (Å²) in [6.07, 6.45) is 5.67.